The van der Waals surface area contributed by atoms with Crippen LogP contribution < -0.4 is 10.6 Å². The van der Waals surface area contributed by atoms with Crippen molar-refractivity contribution in [2.24, 2.45) is 7.05 Å². The van der Waals surface area contributed by atoms with E-state index in [0.717, 1.165) is 11.8 Å². The van der Waals surface area contributed by atoms with Crippen LogP contribution in [0.25, 0.3) is 11.3 Å². The minimum atomic E-state index is -0.579. The molecule has 0 saturated carbocycles. The average Bonchev–Trinajstić information content (AvgIpc) is 3.52. The molecule has 0 aliphatic heterocycles. The summed E-state index contributed by atoms with van der Waals surface area (Å²) in [5, 5.41) is 38.0. The number of hydrogen-bond donors (Lipinski definition) is 2. The quantitative estimate of drug-likeness (QED) is 0.162. The first-order chi connectivity index (χ1) is 18.6. The predicted octanol–water partition coefficient (Wildman–Crippen LogP) is 3.72. The highest BCUT2D eigenvalue weighted by Crippen LogP contribution is 2.29. The number of thioether (sulfide) groups is 1. The van der Waals surface area contributed by atoms with E-state index in [1.165, 1.54) is 41.7 Å². The molecule has 0 unspecified atom stereocenters. The zero-order valence-corrected chi connectivity index (χ0v) is 22.1. The van der Waals surface area contributed by atoms with Crippen LogP contribution in [0.15, 0.2) is 53.0 Å². The summed E-state index contributed by atoms with van der Waals surface area (Å²) in [4.78, 5) is 50.3. The minimum Gasteiger partial charge on any atom is -0.345 e. The Morgan fingerprint density at radius 2 is 1.90 bits per heavy atom. The summed E-state index contributed by atoms with van der Waals surface area (Å²) in [5.41, 5.74) is 1.57. The van der Waals surface area contributed by atoms with Crippen molar-refractivity contribution in [2.75, 3.05) is 11.1 Å². The standard InChI is InChI=1S/C23H20N8O6S2/c1-13-6-7-14(9-18(13)31(36)37)17-11-38-22(25-17)26-20(32)12-39-23-28-27-19(29(23)2)10-24-21(33)15-4-3-5-16(8-15)30(34)35/h3-9,11H,10,12H2,1-2H3,(H,24,33)(H,25,26,32). The monoisotopic (exact) mass is 568 g/mol. The van der Waals surface area contributed by atoms with Gasteiger partial charge in [-0.2, -0.15) is 0 Å². The number of nitrogens with zero attached hydrogens (tertiary/aromatic N) is 6. The van der Waals surface area contributed by atoms with Crippen molar-refractivity contribution in [1.82, 2.24) is 25.1 Å². The van der Waals surface area contributed by atoms with Gasteiger partial charge in [0.2, 0.25) is 5.91 Å². The van der Waals surface area contributed by atoms with Crippen molar-refractivity contribution in [1.29, 1.82) is 0 Å². The molecule has 2 heterocycles. The number of nitro groups is 2. The number of benzene rings is 2. The highest BCUT2D eigenvalue weighted by Gasteiger charge is 2.17. The van der Waals surface area contributed by atoms with E-state index in [4.69, 9.17) is 0 Å². The topological polar surface area (TPSA) is 188 Å². The maximum absolute atomic E-state index is 12.5. The maximum atomic E-state index is 12.5. The van der Waals surface area contributed by atoms with Crippen molar-refractivity contribution < 1.29 is 19.4 Å². The summed E-state index contributed by atoms with van der Waals surface area (Å²) in [7, 11) is 1.68. The molecule has 0 aliphatic carbocycles. The lowest BCUT2D eigenvalue weighted by atomic mass is 10.1. The Morgan fingerprint density at radius 3 is 2.64 bits per heavy atom. The molecule has 200 valence electrons. The number of aryl methyl sites for hydroxylation is 1. The Labute approximate surface area is 228 Å². The molecule has 0 radical (unpaired) electrons. The smallest absolute Gasteiger partial charge is 0.272 e. The number of nitro benzene ring substituents is 2. The second-order valence-electron chi connectivity index (χ2n) is 8.08. The molecule has 0 aliphatic rings. The molecular formula is C23H20N8O6S2. The van der Waals surface area contributed by atoms with Crippen LogP contribution in [0, 0.1) is 27.2 Å². The molecule has 2 amide bonds. The Balaban J connectivity index is 1.31. The van der Waals surface area contributed by atoms with Crippen LogP contribution in [0.3, 0.4) is 0 Å². The van der Waals surface area contributed by atoms with Crippen molar-refractivity contribution in [2.45, 2.75) is 18.6 Å². The van der Waals surface area contributed by atoms with Crippen LogP contribution in [0.4, 0.5) is 16.5 Å². The number of thiazole rings is 1. The average molecular weight is 569 g/mol. The number of aromatic nitrogens is 4. The molecule has 0 atom stereocenters. The molecule has 0 fully saturated rings. The number of nitrogens with one attached hydrogen (secondary N) is 2. The molecule has 0 saturated heterocycles. The van der Waals surface area contributed by atoms with Gasteiger partial charge in [-0.3, -0.25) is 29.8 Å². The Hall–Kier alpha value is -4.70. The summed E-state index contributed by atoms with van der Waals surface area (Å²) in [5.74, 6) is -0.400. The molecule has 14 nitrogen and oxygen atoms in total. The fraction of sp³-hybridized carbons (Fsp3) is 0.174. The van der Waals surface area contributed by atoms with Crippen LogP contribution in [0.2, 0.25) is 0 Å². The number of hydrogen-bond acceptors (Lipinski definition) is 11. The third-order valence-electron chi connectivity index (χ3n) is 5.44. The lowest BCUT2D eigenvalue weighted by Gasteiger charge is -2.06. The van der Waals surface area contributed by atoms with Crippen molar-refractivity contribution in [3.63, 3.8) is 0 Å². The van der Waals surface area contributed by atoms with Gasteiger partial charge in [-0.05, 0) is 13.0 Å². The van der Waals surface area contributed by atoms with Crippen LogP contribution in [-0.2, 0) is 18.4 Å². The van der Waals surface area contributed by atoms with Gasteiger partial charge in [0.05, 0.1) is 27.8 Å². The summed E-state index contributed by atoms with van der Waals surface area (Å²) < 4.78 is 1.62. The number of carbonyl (C=O) groups excluding carboxylic acids is 2. The van der Waals surface area contributed by atoms with Crippen molar-refractivity contribution in [3.8, 4) is 11.3 Å². The number of non-ortho nitro benzene ring substituents is 1. The van der Waals surface area contributed by atoms with Gasteiger partial charge in [-0.15, -0.1) is 21.5 Å². The molecule has 16 heteroatoms. The van der Waals surface area contributed by atoms with Gasteiger partial charge in [0.25, 0.3) is 17.3 Å². The second kappa shape index (κ2) is 11.8. The molecule has 2 N–H and O–H groups in total. The number of anilines is 1. The predicted molar refractivity (Wildman–Crippen MR) is 144 cm³/mol. The van der Waals surface area contributed by atoms with Gasteiger partial charge in [0.15, 0.2) is 16.1 Å². The highest BCUT2D eigenvalue weighted by atomic mass is 32.2. The second-order valence-corrected chi connectivity index (χ2v) is 9.88. The molecule has 4 aromatic rings. The largest absolute Gasteiger partial charge is 0.345 e. The van der Waals surface area contributed by atoms with E-state index in [-0.39, 0.29) is 35.1 Å². The first kappa shape index (κ1) is 27.3. The summed E-state index contributed by atoms with van der Waals surface area (Å²) >= 11 is 2.33. The molecule has 4 rings (SSSR count). The maximum Gasteiger partial charge on any atom is 0.272 e. The normalized spacial score (nSPS) is 10.7. The summed E-state index contributed by atoms with van der Waals surface area (Å²) in [6.45, 7) is 1.68. The number of rotatable bonds is 10. The molecule has 0 bridgehead atoms. The van der Waals surface area contributed by atoms with Crippen LogP contribution in [-0.4, -0.2) is 47.2 Å². The van der Waals surface area contributed by atoms with Gasteiger partial charge < -0.3 is 15.2 Å². The van der Waals surface area contributed by atoms with Gasteiger partial charge in [-0.1, -0.05) is 30.0 Å². The first-order valence-electron chi connectivity index (χ1n) is 11.2. The summed E-state index contributed by atoms with van der Waals surface area (Å²) in [6.07, 6.45) is 0. The summed E-state index contributed by atoms with van der Waals surface area (Å²) in [6, 6.07) is 10.2. The van der Waals surface area contributed by atoms with E-state index in [1.54, 1.807) is 36.1 Å². The van der Waals surface area contributed by atoms with E-state index in [1.807, 2.05) is 0 Å². The molecule has 2 aromatic carbocycles. The molecule has 0 spiro atoms. The minimum absolute atomic E-state index is 0.00543. The highest BCUT2D eigenvalue weighted by molar-refractivity contribution is 7.99. The van der Waals surface area contributed by atoms with Crippen LogP contribution in [0.5, 0.6) is 0 Å². The first-order valence-corrected chi connectivity index (χ1v) is 13.0. The third kappa shape index (κ3) is 6.60. The number of amides is 2. The van der Waals surface area contributed by atoms with E-state index in [0.29, 0.717) is 32.9 Å². The Morgan fingerprint density at radius 1 is 1.10 bits per heavy atom. The lowest BCUT2D eigenvalue weighted by molar-refractivity contribution is -0.385. The van der Waals surface area contributed by atoms with E-state index < -0.39 is 15.8 Å². The van der Waals surface area contributed by atoms with E-state index in [2.05, 4.69) is 25.8 Å². The van der Waals surface area contributed by atoms with Crippen molar-refractivity contribution in [3.05, 3.63) is 85.0 Å². The zero-order chi connectivity index (χ0) is 28.1. The zero-order valence-electron chi connectivity index (χ0n) is 20.5. The molecular weight excluding hydrogens is 548 g/mol. The lowest BCUT2D eigenvalue weighted by Crippen LogP contribution is -2.24. The Bertz CT molecular complexity index is 1580. The van der Waals surface area contributed by atoms with Crippen molar-refractivity contribution >= 4 is 51.4 Å². The Kier molecular flexibility index (Phi) is 8.26. The van der Waals surface area contributed by atoms with Crippen LogP contribution >= 0.6 is 23.1 Å². The van der Waals surface area contributed by atoms with E-state index in [9.17, 15) is 29.8 Å². The molecule has 39 heavy (non-hydrogen) atoms. The number of carbonyl (C=O) groups is 2. The van der Waals surface area contributed by atoms with Crippen LogP contribution in [0.1, 0.15) is 21.7 Å². The van der Waals surface area contributed by atoms with Gasteiger partial charge in [-0.25, -0.2) is 4.98 Å². The van der Waals surface area contributed by atoms with Gasteiger partial charge in [0.1, 0.15) is 0 Å². The van der Waals surface area contributed by atoms with Gasteiger partial charge >= 0.3 is 0 Å². The van der Waals surface area contributed by atoms with E-state index >= 15 is 0 Å². The third-order valence-corrected chi connectivity index (χ3v) is 7.21. The molecule has 2 aromatic heterocycles. The SMILES string of the molecule is Cc1ccc(-c2csc(NC(=O)CSc3nnc(CNC(=O)c4cccc([N+](=O)[O-])c4)n3C)n2)cc1[N+](=O)[O-]. The fourth-order valence-corrected chi connectivity index (χ4v) is 4.83. The van der Waals surface area contributed by atoms with Gasteiger partial charge in [0, 0.05) is 47.3 Å². The fourth-order valence-electron chi connectivity index (χ4n) is 3.36.